The van der Waals surface area contributed by atoms with Gasteiger partial charge in [-0.2, -0.15) is 0 Å². The van der Waals surface area contributed by atoms with Crippen molar-refractivity contribution in [3.63, 3.8) is 0 Å². The molecule has 3 nitrogen and oxygen atoms in total. The molecule has 20 heavy (non-hydrogen) atoms. The molecule has 1 aromatic rings. The highest BCUT2D eigenvalue weighted by atomic mass is 16.1. The minimum absolute atomic E-state index is 0.0261. The third-order valence-corrected chi connectivity index (χ3v) is 4.59. The molecule has 1 fully saturated rings. The largest absolute Gasteiger partial charge is 0.326 e. The van der Waals surface area contributed by atoms with Gasteiger partial charge in [-0.05, 0) is 36.1 Å². The molecule has 1 amide bonds. The fraction of sp³-hybridized carbons (Fsp3) is 0.588. The second-order valence-electron chi connectivity index (χ2n) is 6.47. The molecule has 0 radical (unpaired) electrons. The Labute approximate surface area is 121 Å². The molecular weight excluding hydrogens is 248 g/mol. The Hall–Kier alpha value is -1.35. The van der Waals surface area contributed by atoms with E-state index >= 15 is 0 Å². The Bertz CT molecular complexity index is 504. The van der Waals surface area contributed by atoms with Crippen LogP contribution in [0.3, 0.4) is 0 Å². The Kier molecular flexibility index (Phi) is 3.79. The predicted octanol–water partition coefficient (Wildman–Crippen LogP) is 3.54. The van der Waals surface area contributed by atoms with E-state index in [-0.39, 0.29) is 11.8 Å². The summed E-state index contributed by atoms with van der Waals surface area (Å²) < 4.78 is 0. The minimum Gasteiger partial charge on any atom is -0.326 e. The summed E-state index contributed by atoms with van der Waals surface area (Å²) in [5.41, 5.74) is 3.76. The van der Waals surface area contributed by atoms with Crippen LogP contribution in [-0.2, 0) is 17.9 Å². The van der Waals surface area contributed by atoms with Crippen LogP contribution in [0.1, 0.15) is 50.7 Å². The van der Waals surface area contributed by atoms with Crippen molar-refractivity contribution in [2.75, 3.05) is 5.32 Å². The maximum Gasteiger partial charge on any atom is 0.226 e. The maximum atomic E-state index is 11.8. The molecule has 0 aromatic heterocycles. The van der Waals surface area contributed by atoms with Gasteiger partial charge in [-0.15, -0.1) is 0 Å². The first-order valence-corrected chi connectivity index (χ1v) is 7.80. The van der Waals surface area contributed by atoms with Crippen LogP contribution in [-0.4, -0.2) is 16.8 Å². The topological polar surface area (TPSA) is 32.3 Å². The summed E-state index contributed by atoms with van der Waals surface area (Å²) in [6.07, 6.45) is 5.47. The number of nitrogens with one attached hydrogen (secondary N) is 1. The number of nitrogens with zero attached hydrogens (tertiary/aromatic N) is 1. The van der Waals surface area contributed by atoms with E-state index in [1.165, 1.54) is 36.8 Å². The predicted molar refractivity (Wildman–Crippen MR) is 81.4 cm³/mol. The summed E-state index contributed by atoms with van der Waals surface area (Å²) in [5, 5.41) is 3.00. The second kappa shape index (κ2) is 5.57. The van der Waals surface area contributed by atoms with Gasteiger partial charge in [-0.1, -0.05) is 32.8 Å². The monoisotopic (exact) mass is 272 g/mol. The third-order valence-electron chi connectivity index (χ3n) is 4.59. The molecule has 1 heterocycles. The number of carbonyl (C=O) groups is 1. The van der Waals surface area contributed by atoms with E-state index in [0.29, 0.717) is 0 Å². The van der Waals surface area contributed by atoms with E-state index in [4.69, 9.17) is 0 Å². The number of fused-ring (bicyclic) bond motifs is 1. The van der Waals surface area contributed by atoms with E-state index in [2.05, 4.69) is 22.3 Å². The number of rotatable bonds is 3. The van der Waals surface area contributed by atoms with Crippen LogP contribution in [0.4, 0.5) is 5.69 Å². The number of amides is 1. The maximum absolute atomic E-state index is 11.8. The number of anilines is 1. The summed E-state index contributed by atoms with van der Waals surface area (Å²) in [7, 11) is 0. The Morgan fingerprint density at radius 1 is 1.20 bits per heavy atom. The zero-order valence-electron chi connectivity index (χ0n) is 12.5. The molecule has 0 unspecified atom stereocenters. The van der Waals surface area contributed by atoms with Crippen LogP contribution < -0.4 is 5.32 Å². The van der Waals surface area contributed by atoms with Crippen molar-refractivity contribution in [3.8, 4) is 0 Å². The molecule has 1 aromatic carbocycles. The highest BCUT2D eigenvalue weighted by molar-refractivity contribution is 5.92. The molecule has 0 atom stereocenters. The number of hydrogen-bond donors (Lipinski definition) is 1. The van der Waals surface area contributed by atoms with Gasteiger partial charge in [0.2, 0.25) is 5.91 Å². The summed E-state index contributed by atoms with van der Waals surface area (Å²) in [6.45, 7) is 5.97. The second-order valence-corrected chi connectivity index (χ2v) is 6.47. The number of benzene rings is 1. The van der Waals surface area contributed by atoms with Gasteiger partial charge < -0.3 is 5.32 Å². The molecule has 1 N–H and O–H groups in total. The average molecular weight is 272 g/mol. The van der Waals surface area contributed by atoms with Crippen LogP contribution in [0, 0.1) is 5.92 Å². The summed E-state index contributed by atoms with van der Waals surface area (Å²) in [4.78, 5) is 14.4. The molecule has 0 bridgehead atoms. The van der Waals surface area contributed by atoms with Crippen LogP contribution >= 0.6 is 0 Å². The van der Waals surface area contributed by atoms with Crippen molar-refractivity contribution >= 4 is 11.6 Å². The fourth-order valence-electron chi connectivity index (χ4n) is 3.31. The van der Waals surface area contributed by atoms with Gasteiger partial charge in [-0.3, -0.25) is 9.69 Å². The van der Waals surface area contributed by atoms with Crippen molar-refractivity contribution < 1.29 is 4.79 Å². The van der Waals surface area contributed by atoms with Gasteiger partial charge in [0.05, 0.1) is 0 Å². The summed E-state index contributed by atoms with van der Waals surface area (Å²) in [6, 6.07) is 7.15. The summed E-state index contributed by atoms with van der Waals surface area (Å²) in [5.74, 6) is 0.119. The summed E-state index contributed by atoms with van der Waals surface area (Å²) >= 11 is 0. The lowest BCUT2D eigenvalue weighted by Crippen LogP contribution is -2.27. The molecule has 1 aliphatic heterocycles. The van der Waals surface area contributed by atoms with E-state index < -0.39 is 0 Å². The molecule has 0 saturated heterocycles. The molecule has 1 saturated carbocycles. The van der Waals surface area contributed by atoms with E-state index in [0.717, 1.165) is 24.8 Å². The molecular formula is C17H24N2O. The van der Waals surface area contributed by atoms with Gasteiger partial charge in [-0.25, -0.2) is 0 Å². The lowest BCUT2D eigenvalue weighted by atomic mass is 10.1. The van der Waals surface area contributed by atoms with Gasteiger partial charge >= 0.3 is 0 Å². The lowest BCUT2D eigenvalue weighted by Gasteiger charge is -2.22. The first-order chi connectivity index (χ1) is 9.63. The van der Waals surface area contributed by atoms with Gasteiger partial charge in [0.25, 0.3) is 0 Å². The number of hydrogen-bond acceptors (Lipinski definition) is 2. The van der Waals surface area contributed by atoms with E-state index in [1.807, 2.05) is 19.9 Å². The Morgan fingerprint density at radius 2 is 1.90 bits per heavy atom. The van der Waals surface area contributed by atoms with Crippen molar-refractivity contribution in [1.82, 2.24) is 4.90 Å². The van der Waals surface area contributed by atoms with Crippen molar-refractivity contribution in [2.24, 2.45) is 5.92 Å². The Morgan fingerprint density at radius 3 is 2.60 bits per heavy atom. The van der Waals surface area contributed by atoms with Crippen molar-refractivity contribution in [1.29, 1.82) is 0 Å². The molecule has 2 aliphatic rings. The highest BCUT2D eigenvalue weighted by Crippen LogP contribution is 2.32. The first-order valence-electron chi connectivity index (χ1n) is 7.80. The molecule has 1 aliphatic carbocycles. The zero-order valence-corrected chi connectivity index (χ0v) is 12.5. The highest BCUT2D eigenvalue weighted by Gasteiger charge is 2.28. The van der Waals surface area contributed by atoms with Gasteiger partial charge in [0.1, 0.15) is 0 Å². The first kappa shape index (κ1) is 13.6. The Balaban J connectivity index is 1.69. The normalized spacial score (nSPS) is 19.6. The number of carbonyl (C=O) groups excluding carboxylic acids is 1. The molecule has 108 valence electrons. The SMILES string of the molecule is CC(C)C(=O)Nc1ccc2c(c1)CN(C1CCCC1)C2. The lowest BCUT2D eigenvalue weighted by molar-refractivity contribution is -0.118. The molecule has 3 heteroatoms. The fourth-order valence-corrected chi connectivity index (χ4v) is 3.31. The standard InChI is InChI=1S/C17H24N2O/c1-12(2)17(20)18-15-8-7-13-10-19(11-14(13)9-15)16-5-3-4-6-16/h7-9,12,16H,3-6,10-11H2,1-2H3,(H,18,20). The smallest absolute Gasteiger partial charge is 0.226 e. The van der Waals surface area contributed by atoms with Gasteiger partial charge in [0.15, 0.2) is 0 Å². The van der Waals surface area contributed by atoms with Crippen LogP contribution in [0.15, 0.2) is 18.2 Å². The van der Waals surface area contributed by atoms with Gasteiger partial charge in [0, 0.05) is 30.7 Å². The van der Waals surface area contributed by atoms with Crippen LogP contribution in [0.2, 0.25) is 0 Å². The minimum atomic E-state index is 0.0261. The van der Waals surface area contributed by atoms with Crippen LogP contribution in [0.5, 0.6) is 0 Å². The molecule has 3 rings (SSSR count). The van der Waals surface area contributed by atoms with E-state index in [1.54, 1.807) is 0 Å². The van der Waals surface area contributed by atoms with Crippen LogP contribution in [0.25, 0.3) is 0 Å². The third kappa shape index (κ3) is 2.73. The quantitative estimate of drug-likeness (QED) is 0.912. The average Bonchev–Trinajstić information content (AvgIpc) is 3.06. The van der Waals surface area contributed by atoms with Crippen molar-refractivity contribution in [2.45, 2.75) is 58.7 Å². The van der Waals surface area contributed by atoms with Crippen molar-refractivity contribution in [3.05, 3.63) is 29.3 Å². The molecule has 0 spiro atoms. The zero-order chi connectivity index (χ0) is 14.1. The van der Waals surface area contributed by atoms with E-state index in [9.17, 15) is 4.79 Å².